The van der Waals surface area contributed by atoms with Gasteiger partial charge in [0.2, 0.25) is 0 Å². The maximum absolute atomic E-state index is 14.4. The Kier molecular flexibility index (Phi) is 8.15. The van der Waals surface area contributed by atoms with Gasteiger partial charge in [0.25, 0.3) is 17.4 Å². The summed E-state index contributed by atoms with van der Waals surface area (Å²) in [6.45, 7) is -0.323. The van der Waals surface area contributed by atoms with Gasteiger partial charge in [0, 0.05) is 44.5 Å². The summed E-state index contributed by atoms with van der Waals surface area (Å²) >= 11 is 14.7. The van der Waals surface area contributed by atoms with Gasteiger partial charge >= 0.3 is 11.4 Å². The van der Waals surface area contributed by atoms with Crippen LogP contribution in [0.4, 0.5) is 10.1 Å². The van der Waals surface area contributed by atoms with Crippen molar-refractivity contribution in [3.05, 3.63) is 121 Å². The van der Waals surface area contributed by atoms with Crippen molar-refractivity contribution in [1.29, 1.82) is 0 Å². The first-order chi connectivity index (χ1) is 25.7. The maximum Gasteiger partial charge on any atom is 0.347 e. The summed E-state index contributed by atoms with van der Waals surface area (Å²) in [6.07, 6.45) is 1.21. The molecule has 2 amide bonds. The fourth-order valence-electron chi connectivity index (χ4n) is 8.07. The van der Waals surface area contributed by atoms with E-state index in [9.17, 15) is 33.5 Å². The van der Waals surface area contributed by atoms with Crippen molar-refractivity contribution < 1.29 is 28.6 Å². The maximum atomic E-state index is 14.4. The lowest BCUT2D eigenvalue weighted by atomic mass is 9.64. The second kappa shape index (κ2) is 12.5. The molecule has 14 nitrogen and oxygen atoms in total. The molecule has 1 saturated carbocycles. The van der Waals surface area contributed by atoms with Gasteiger partial charge in [-0.25, -0.2) is 37.8 Å². The number of hydrogen-bond donors (Lipinski definition) is 1. The monoisotopic (exact) mass is 776 g/mol. The Labute approximate surface area is 314 Å². The van der Waals surface area contributed by atoms with Crippen molar-refractivity contribution in [3.63, 3.8) is 0 Å². The van der Waals surface area contributed by atoms with Gasteiger partial charge in [-0.1, -0.05) is 18.2 Å². The fraction of sp³-hybridized carbons (Fsp3) is 0.297. The second-order valence-electron chi connectivity index (χ2n) is 13.4. The molecule has 1 aliphatic carbocycles. The van der Waals surface area contributed by atoms with E-state index in [4.69, 9.17) is 32.7 Å². The molecule has 278 valence electrons. The van der Waals surface area contributed by atoms with Crippen LogP contribution < -0.4 is 31.3 Å². The molecule has 2 fully saturated rings. The number of alkyl halides is 2. The van der Waals surface area contributed by atoms with Crippen LogP contribution in [0.1, 0.15) is 29.6 Å². The first-order valence-electron chi connectivity index (χ1n) is 16.8. The molecule has 0 spiro atoms. The zero-order valence-electron chi connectivity index (χ0n) is 29.0. The molecule has 17 heteroatoms. The number of nitrogens with zero attached hydrogens (tertiary/aromatic N) is 6. The number of phenolic OH excluding ortho intramolecular Hbond substituents is 1. The van der Waals surface area contributed by atoms with E-state index in [2.05, 4.69) is 4.98 Å². The number of methoxy groups -OCH3 is 2. The van der Waals surface area contributed by atoms with Crippen LogP contribution in [0.3, 0.4) is 0 Å². The highest BCUT2D eigenvalue weighted by molar-refractivity contribution is 6.58. The van der Waals surface area contributed by atoms with Crippen LogP contribution >= 0.6 is 23.2 Å². The number of ether oxygens (including phenoxy) is 2. The number of aromatic hydroxyl groups is 1. The third-order valence-electron chi connectivity index (χ3n) is 10.7. The third-order valence-corrected chi connectivity index (χ3v) is 12.1. The van der Waals surface area contributed by atoms with E-state index in [0.29, 0.717) is 33.7 Å². The lowest BCUT2D eigenvalue weighted by Crippen LogP contribution is -2.59. The van der Waals surface area contributed by atoms with Gasteiger partial charge in [0.05, 0.1) is 43.5 Å². The molecule has 4 heterocycles. The molecule has 5 aromatic rings. The van der Waals surface area contributed by atoms with Crippen molar-refractivity contribution in [2.45, 2.75) is 47.6 Å². The minimum Gasteiger partial charge on any atom is -0.508 e. The summed E-state index contributed by atoms with van der Waals surface area (Å²) in [7, 11) is 4.52. The molecule has 1 saturated heterocycles. The van der Waals surface area contributed by atoms with Crippen molar-refractivity contribution in [3.8, 4) is 17.2 Å². The first-order valence-corrected chi connectivity index (χ1v) is 17.6. The Morgan fingerprint density at radius 3 is 2.33 bits per heavy atom. The minimum absolute atomic E-state index is 0.0405. The molecular weight excluding hydrogens is 746 g/mol. The lowest BCUT2D eigenvalue weighted by molar-refractivity contribution is -0.122. The summed E-state index contributed by atoms with van der Waals surface area (Å²) in [5.41, 5.74) is -0.0364. The molecule has 3 aromatic carbocycles. The van der Waals surface area contributed by atoms with Gasteiger partial charge in [0.15, 0.2) is 21.2 Å². The number of allylic oxidation sites excluding steroid dienone is 2. The highest BCUT2D eigenvalue weighted by atomic mass is 35.5. The number of anilines is 1. The Balaban J connectivity index is 1.22. The van der Waals surface area contributed by atoms with E-state index >= 15 is 0 Å². The number of carbonyl (C=O) groups excluding carboxylic acids is 2. The number of benzene rings is 3. The summed E-state index contributed by atoms with van der Waals surface area (Å²) < 4.78 is 29.4. The number of fused-ring (bicyclic) bond motifs is 5. The molecule has 0 unspecified atom stereocenters. The summed E-state index contributed by atoms with van der Waals surface area (Å²) in [5.74, 6) is -2.85. The predicted molar refractivity (Wildman–Crippen MR) is 195 cm³/mol. The number of imide groups is 1. The van der Waals surface area contributed by atoms with Crippen molar-refractivity contribution in [1.82, 2.24) is 23.5 Å². The van der Waals surface area contributed by atoms with Crippen LogP contribution in [0.2, 0.25) is 0 Å². The molecule has 2 aromatic heterocycles. The van der Waals surface area contributed by atoms with Gasteiger partial charge in [0.1, 0.15) is 17.3 Å². The van der Waals surface area contributed by atoms with E-state index in [1.165, 1.54) is 52.4 Å². The topological polar surface area (TPSA) is 160 Å². The SMILES string of the molecule is COc1cc2nc(CCn3c(=O)n4n(c3=O)[C@@H]3C[C@@]5(Cl)C(=O)N(c6ccc(F)cc6)C(=O)[C@@]5(Cl)[C@@H](c5cccc(O)c5)C3=CC4)c(=O)n(C)c2cc1OC. The summed E-state index contributed by atoms with van der Waals surface area (Å²) in [6, 6.07) is 12.9. The van der Waals surface area contributed by atoms with Crippen LogP contribution in [0, 0.1) is 5.82 Å². The number of halogens is 3. The Morgan fingerprint density at radius 2 is 1.65 bits per heavy atom. The molecule has 4 atom stereocenters. The molecule has 3 aliphatic rings. The minimum atomic E-state index is -2.18. The largest absolute Gasteiger partial charge is 0.508 e. The molecule has 8 rings (SSSR count). The van der Waals surface area contributed by atoms with Gasteiger partial charge in [-0.15, -0.1) is 23.2 Å². The lowest BCUT2D eigenvalue weighted by Gasteiger charge is -2.49. The second-order valence-corrected chi connectivity index (χ2v) is 14.6. The standard InChI is InChI=1S/C37H31Cl2FN6O8/c1-42-26-17-29(54-3)28(53-2)16-25(26)41-24(31(42)48)12-13-43-34(51)44-14-11-23-27(46(44)35(43)52)18-36(38)32(49)45(21-9-7-20(40)8-10-21)33(50)37(36,39)30(23)19-5-4-6-22(47)15-19/h4-11,15-17,27,30,47H,12-14,18H2,1-3H3/t27-,30+,36-,37+/m1/s1. The zero-order chi connectivity index (χ0) is 38.4. The number of carbonyl (C=O) groups is 2. The van der Waals surface area contributed by atoms with Gasteiger partial charge in [-0.3, -0.25) is 14.4 Å². The van der Waals surface area contributed by atoms with E-state index in [1.54, 1.807) is 37.4 Å². The first kappa shape index (κ1) is 35.4. The number of amides is 2. The van der Waals surface area contributed by atoms with Crippen molar-refractivity contribution in [2.75, 3.05) is 19.1 Å². The number of phenols is 1. The number of hydrogen-bond acceptors (Lipinski definition) is 9. The summed E-state index contributed by atoms with van der Waals surface area (Å²) in [5, 5.41) is 10.5. The normalized spacial score (nSPS) is 23.2. The molecule has 2 aliphatic heterocycles. The van der Waals surface area contributed by atoms with Crippen LogP contribution in [-0.2, 0) is 36.1 Å². The Morgan fingerprint density at radius 1 is 0.944 bits per heavy atom. The molecule has 1 N–H and O–H groups in total. The van der Waals surface area contributed by atoms with Gasteiger partial charge in [-0.2, -0.15) is 0 Å². The highest BCUT2D eigenvalue weighted by Crippen LogP contribution is 2.64. The molecule has 0 bridgehead atoms. The average Bonchev–Trinajstić information content (AvgIpc) is 3.49. The van der Waals surface area contributed by atoms with Gasteiger partial charge < -0.3 is 19.1 Å². The van der Waals surface area contributed by atoms with Crippen molar-refractivity contribution >= 4 is 51.7 Å². The zero-order valence-corrected chi connectivity index (χ0v) is 30.5. The fourth-order valence-corrected chi connectivity index (χ4v) is 8.98. The van der Waals surface area contributed by atoms with E-state index in [-0.39, 0.29) is 43.1 Å². The van der Waals surface area contributed by atoms with E-state index < -0.39 is 56.3 Å². The molecule has 54 heavy (non-hydrogen) atoms. The Bertz CT molecular complexity index is 2650. The third kappa shape index (κ3) is 4.83. The number of aromatic nitrogens is 5. The van der Waals surface area contributed by atoms with Crippen LogP contribution in [0.25, 0.3) is 11.0 Å². The average molecular weight is 778 g/mol. The molecule has 0 radical (unpaired) electrons. The smallest absolute Gasteiger partial charge is 0.347 e. The highest BCUT2D eigenvalue weighted by Gasteiger charge is 2.75. The molecular formula is C37H31Cl2FN6O8. The number of aryl methyl sites for hydroxylation is 2. The van der Waals surface area contributed by atoms with Crippen LogP contribution in [-0.4, -0.2) is 64.4 Å². The van der Waals surface area contributed by atoms with E-state index in [1.807, 2.05) is 0 Å². The van der Waals surface area contributed by atoms with Crippen LogP contribution in [0.5, 0.6) is 17.2 Å². The number of rotatable bonds is 7. The van der Waals surface area contributed by atoms with Crippen LogP contribution in [0.15, 0.2) is 86.7 Å². The Hall–Kier alpha value is -5.67. The van der Waals surface area contributed by atoms with Gasteiger partial charge in [-0.05, 0) is 47.5 Å². The van der Waals surface area contributed by atoms with E-state index in [0.717, 1.165) is 21.6 Å². The quantitative estimate of drug-likeness (QED) is 0.149. The summed E-state index contributed by atoms with van der Waals surface area (Å²) in [4.78, 5) is 71.4. The predicted octanol–water partition coefficient (Wildman–Crippen LogP) is 3.36. The van der Waals surface area contributed by atoms with Crippen molar-refractivity contribution in [2.24, 2.45) is 7.05 Å².